The van der Waals surface area contributed by atoms with Gasteiger partial charge in [-0.15, -0.1) is 11.3 Å². The topological polar surface area (TPSA) is 86.8 Å². The molecule has 7 nitrogen and oxygen atoms in total. The predicted octanol–water partition coefficient (Wildman–Crippen LogP) is 2.87. The highest BCUT2D eigenvalue weighted by Gasteiger charge is 2.33. The van der Waals surface area contributed by atoms with Gasteiger partial charge in [0.1, 0.15) is 9.77 Å². The number of thiophene rings is 1. The van der Waals surface area contributed by atoms with Crippen LogP contribution in [-0.4, -0.2) is 55.1 Å². The van der Waals surface area contributed by atoms with Crippen molar-refractivity contribution in [3.63, 3.8) is 0 Å². The molecule has 2 amide bonds. The molecule has 3 heterocycles. The smallest absolute Gasteiger partial charge is 0.262 e. The number of carbonyl (C=O) groups is 2. The molecule has 0 atom stereocenters. The Morgan fingerprint density at radius 1 is 1.06 bits per heavy atom. The van der Waals surface area contributed by atoms with E-state index in [1.54, 1.807) is 5.38 Å². The van der Waals surface area contributed by atoms with Gasteiger partial charge >= 0.3 is 0 Å². The summed E-state index contributed by atoms with van der Waals surface area (Å²) in [5, 5.41) is 4.65. The van der Waals surface area contributed by atoms with Crippen molar-refractivity contribution in [1.82, 2.24) is 14.5 Å². The van der Waals surface area contributed by atoms with Crippen molar-refractivity contribution in [2.45, 2.75) is 50.6 Å². The van der Waals surface area contributed by atoms with Crippen LogP contribution < -0.4 is 5.32 Å². The van der Waals surface area contributed by atoms with E-state index < -0.39 is 10.0 Å². The maximum Gasteiger partial charge on any atom is 0.262 e. The molecule has 1 N–H and O–H groups in total. The summed E-state index contributed by atoms with van der Waals surface area (Å²) in [6.45, 7) is 5.69. The number of hydrogen-bond acceptors (Lipinski definition) is 5. The number of rotatable bonds is 5. The highest BCUT2D eigenvalue weighted by atomic mass is 32.2. The first-order chi connectivity index (χ1) is 15.3. The molecule has 0 saturated carbocycles. The predicted molar refractivity (Wildman–Crippen MR) is 124 cm³/mol. The maximum atomic E-state index is 13.4. The monoisotopic (exact) mass is 475 g/mol. The summed E-state index contributed by atoms with van der Waals surface area (Å²) >= 11 is 1.15. The van der Waals surface area contributed by atoms with Crippen LogP contribution in [0, 0.1) is 5.92 Å². The van der Waals surface area contributed by atoms with Crippen molar-refractivity contribution in [2.75, 3.05) is 19.6 Å². The fourth-order valence-electron chi connectivity index (χ4n) is 4.34. The van der Waals surface area contributed by atoms with E-state index in [4.69, 9.17) is 0 Å². The van der Waals surface area contributed by atoms with Crippen LogP contribution in [0.4, 0.5) is 0 Å². The molecule has 0 radical (unpaired) electrons. The molecule has 2 aromatic rings. The lowest BCUT2D eigenvalue weighted by molar-refractivity contribution is -0.135. The minimum absolute atomic E-state index is 0.0400. The van der Waals surface area contributed by atoms with Crippen molar-refractivity contribution in [3.05, 3.63) is 51.7 Å². The first-order valence-corrected chi connectivity index (χ1v) is 13.3. The Bertz CT molecular complexity index is 1100. The van der Waals surface area contributed by atoms with Crippen molar-refractivity contribution >= 4 is 33.2 Å². The van der Waals surface area contributed by atoms with E-state index in [9.17, 15) is 18.0 Å². The molecule has 0 aliphatic carbocycles. The van der Waals surface area contributed by atoms with Crippen molar-refractivity contribution < 1.29 is 18.0 Å². The van der Waals surface area contributed by atoms with Crippen LogP contribution in [0.3, 0.4) is 0 Å². The lowest BCUT2D eigenvalue weighted by Crippen LogP contribution is -2.47. The summed E-state index contributed by atoms with van der Waals surface area (Å²) in [6, 6.07) is 9.32. The van der Waals surface area contributed by atoms with Crippen LogP contribution in [0.1, 0.15) is 47.5 Å². The highest BCUT2D eigenvalue weighted by molar-refractivity contribution is 7.89. The molecule has 1 saturated heterocycles. The quantitative estimate of drug-likeness (QED) is 0.721. The zero-order valence-corrected chi connectivity index (χ0v) is 20.0. The first kappa shape index (κ1) is 22.9. The average molecular weight is 476 g/mol. The van der Waals surface area contributed by atoms with Gasteiger partial charge in [-0.1, -0.05) is 38.1 Å². The molecule has 2 aliphatic rings. The summed E-state index contributed by atoms with van der Waals surface area (Å²) in [6.07, 6.45) is 2.00. The van der Waals surface area contributed by atoms with Crippen LogP contribution >= 0.6 is 11.3 Å². The lowest BCUT2D eigenvalue weighted by Gasteiger charge is -2.33. The van der Waals surface area contributed by atoms with Gasteiger partial charge in [-0.2, -0.15) is 4.31 Å². The molecule has 0 unspecified atom stereocenters. The fourth-order valence-corrected chi connectivity index (χ4v) is 7.06. The van der Waals surface area contributed by atoms with E-state index in [1.807, 2.05) is 43.0 Å². The van der Waals surface area contributed by atoms with Gasteiger partial charge in [0.15, 0.2) is 0 Å². The number of amides is 2. The van der Waals surface area contributed by atoms with Gasteiger partial charge in [0, 0.05) is 38.1 Å². The van der Waals surface area contributed by atoms with Gasteiger partial charge in [0.25, 0.3) is 5.91 Å². The molecule has 1 aromatic heterocycles. The number of benzene rings is 1. The van der Waals surface area contributed by atoms with Gasteiger partial charge in [0.2, 0.25) is 15.9 Å². The van der Waals surface area contributed by atoms with Gasteiger partial charge in [-0.25, -0.2) is 8.42 Å². The second kappa shape index (κ2) is 9.33. The largest absolute Gasteiger partial charge is 0.348 e. The number of sulfonamides is 1. The third kappa shape index (κ3) is 4.60. The van der Waals surface area contributed by atoms with Gasteiger partial charge in [-0.05, 0) is 41.8 Å². The average Bonchev–Trinajstić information content (AvgIpc) is 3.30. The highest BCUT2D eigenvalue weighted by Crippen LogP contribution is 2.29. The maximum absolute atomic E-state index is 13.4. The summed E-state index contributed by atoms with van der Waals surface area (Å²) in [5.74, 6) is -0.268. The van der Waals surface area contributed by atoms with E-state index in [0.29, 0.717) is 45.4 Å². The number of nitrogens with zero attached hydrogens (tertiary/aromatic N) is 2. The summed E-state index contributed by atoms with van der Waals surface area (Å²) in [7, 11) is -3.78. The molecule has 1 aromatic carbocycles. The van der Waals surface area contributed by atoms with E-state index in [1.165, 1.54) is 15.9 Å². The molecule has 32 heavy (non-hydrogen) atoms. The Hall–Kier alpha value is -2.23. The molecule has 9 heteroatoms. The number of carbonyl (C=O) groups excluding carboxylic acids is 2. The normalized spacial score (nSPS) is 17.9. The zero-order valence-electron chi connectivity index (χ0n) is 18.4. The number of hydrogen-bond donors (Lipinski definition) is 1. The van der Waals surface area contributed by atoms with Crippen LogP contribution in [0.2, 0.25) is 0 Å². The van der Waals surface area contributed by atoms with Crippen molar-refractivity contribution in [2.24, 2.45) is 5.92 Å². The standard InChI is InChI=1S/C23H29N3O4S2/c1-16(2)23(28)25-11-8-19(9-12-25)24-22(27)21-20(10-14-31-21)32(29,30)26-13-7-17-5-3-4-6-18(17)15-26/h3-6,10,14,16,19H,7-9,11-13,15H2,1-2H3,(H,24,27). The molecule has 0 spiro atoms. The third-order valence-corrected chi connectivity index (χ3v) is 9.11. The van der Waals surface area contributed by atoms with Gasteiger partial charge in [-0.3, -0.25) is 9.59 Å². The number of piperidine rings is 1. The molecular formula is C23H29N3O4S2. The fraction of sp³-hybridized carbons (Fsp3) is 0.478. The zero-order chi connectivity index (χ0) is 22.9. The number of nitrogens with one attached hydrogen (secondary N) is 1. The van der Waals surface area contributed by atoms with E-state index in [2.05, 4.69) is 5.32 Å². The molecular weight excluding hydrogens is 446 g/mol. The lowest BCUT2D eigenvalue weighted by atomic mass is 10.0. The third-order valence-electron chi connectivity index (χ3n) is 6.18. The minimum Gasteiger partial charge on any atom is -0.348 e. The van der Waals surface area contributed by atoms with Crippen LogP contribution in [0.15, 0.2) is 40.6 Å². The van der Waals surface area contributed by atoms with Gasteiger partial charge < -0.3 is 10.2 Å². The van der Waals surface area contributed by atoms with Crippen LogP contribution in [0.5, 0.6) is 0 Å². The Morgan fingerprint density at radius 3 is 2.44 bits per heavy atom. The van der Waals surface area contributed by atoms with Crippen LogP contribution in [-0.2, 0) is 27.8 Å². The minimum atomic E-state index is -3.78. The van der Waals surface area contributed by atoms with E-state index >= 15 is 0 Å². The molecule has 1 fully saturated rings. The number of fused-ring (bicyclic) bond motifs is 1. The molecule has 172 valence electrons. The second-order valence-corrected chi connectivity index (χ2v) is 11.5. The second-order valence-electron chi connectivity index (χ2n) is 8.70. The van der Waals surface area contributed by atoms with E-state index in [0.717, 1.165) is 16.9 Å². The number of likely N-dealkylation sites (tertiary alicyclic amines) is 1. The molecule has 2 aliphatic heterocycles. The summed E-state index contributed by atoms with van der Waals surface area (Å²) < 4.78 is 28.2. The Kier molecular flexibility index (Phi) is 6.69. The Balaban J connectivity index is 1.43. The molecule has 0 bridgehead atoms. The van der Waals surface area contributed by atoms with Crippen molar-refractivity contribution in [1.29, 1.82) is 0 Å². The van der Waals surface area contributed by atoms with Crippen molar-refractivity contribution in [3.8, 4) is 0 Å². The summed E-state index contributed by atoms with van der Waals surface area (Å²) in [4.78, 5) is 27.3. The van der Waals surface area contributed by atoms with Gasteiger partial charge in [0.05, 0.1) is 0 Å². The van der Waals surface area contributed by atoms with Crippen LogP contribution in [0.25, 0.3) is 0 Å². The molecule has 4 rings (SSSR count). The van der Waals surface area contributed by atoms with E-state index in [-0.39, 0.29) is 33.5 Å². The Morgan fingerprint density at radius 2 is 1.75 bits per heavy atom. The SMILES string of the molecule is CC(C)C(=O)N1CCC(NC(=O)c2sccc2S(=O)(=O)N2CCc3ccccc3C2)CC1. The first-order valence-electron chi connectivity index (χ1n) is 11.0. The Labute approximate surface area is 193 Å². The summed E-state index contributed by atoms with van der Waals surface area (Å²) in [5.41, 5.74) is 2.18.